The van der Waals surface area contributed by atoms with Gasteiger partial charge in [0.2, 0.25) is 0 Å². The summed E-state index contributed by atoms with van der Waals surface area (Å²) in [6.45, 7) is 2.10. The van der Waals surface area contributed by atoms with Gasteiger partial charge in [-0.15, -0.1) is 0 Å². The van der Waals surface area contributed by atoms with Crippen molar-refractivity contribution in [3.8, 4) is 5.75 Å². The van der Waals surface area contributed by atoms with Crippen molar-refractivity contribution in [3.63, 3.8) is 0 Å². The number of aromatic hydroxyl groups is 1. The van der Waals surface area contributed by atoms with Crippen LogP contribution in [-0.4, -0.2) is 15.2 Å². The monoisotopic (exact) mass is 196 g/mol. The number of aliphatic hydroxyl groups is 1. The molecule has 4 nitrogen and oxygen atoms in total. The van der Waals surface area contributed by atoms with Crippen LogP contribution in [0.4, 0.5) is 0 Å². The maximum atomic E-state index is 9.78. The van der Waals surface area contributed by atoms with Crippen molar-refractivity contribution in [2.75, 3.05) is 0 Å². The normalized spacial score (nSPS) is 10.5. The summed E-state index contributed by atoms with van der Waals surface area (Å²) < 4.78 is 0. The zero-order chi connectivity index (χ0) is 10.6. The maximum absolute atomic E-state index is 9.78. The molecular weight excluding hydrogens is 180 g/mol. The first-order valence-electron chi connectivity index (χ1n) is 4.74. The largest absolute Gasteiger partial charge is 0.506 e. The summed E-state index contributed by atoms with van der Waals surface area (Å²) in [7, 11) is 0. The maximum Gasteiger partial charge on any atom is 0.141 e. The number of aromatic nitrogens is 1. The van der Waals surface area contributed by atoms with Gasteiger partial charge in [-0.2, -0.15) is 0 Å². The average molecular weight is 196 g/mol. The second-order valence-electron chi connectivity index (χ2n) is 3.17. The van der Waals surface area contributed by atoms with Crippen LogP contribution in [0.1, 0.15) is 30.2 Å². The van der Waals surface area contributed by atoms with Crippen LogP contribution in [0.5, 0.6) is 5.75 Å². The summed E-state index contributed by atoms with van der Waals surface area (Å²) in [6.07, 6.45) is 3.22. The first kappa shape index (κ1) is 10.9. The summed E-state index contributed by atoms with van der Waals surface area (Å²) in [5.74, 6) is 0.140. The minimum atomic E-state index is -0.139. The molecule has 4 heteroatoms. The molecule has 1 aromatic heterocycles. The van der Waals surface area contributed by atoms with Gasteiger partial charge in [0.1, 0.15) is 5.75 Å². The highest BCUT2D eigenvalue weighted by Crippen LogP contribution is 2.24. The number of rotatable bonds is 4. The Kier molecular flexibility index (Phi) is 3.85. The van der Waals surface area contributed by atoms with E-state index in [1.165, 1.54) is 0 Å². The van der Waals surface area contributed by atoms with Crippen LogP contribution in [0.3, 0.4) is 0 Å². The Morgan fingerprint density at radius 3 is 2.71 bits per heavy atom. The van der Waals surface area contributed by atoms with Crippen molar-refractivity contribution in [1.82, 2.24) is 4.98 Å². The van der Waals surface area contributed by atoms with Crippen LogP contribution in [0.2, 0.25) is 0 Å². The van der Waals surface area contributed by atoms with Gasteiger partial charge in [-0.05, 0) is 6.42 Å². The number of aryl methyl sites for hydroxylation is 1. The third kappa shape index (κ3) is 2.02. The zero-order valence-corrected chi connectivity index (χ0v) is 8.32. The molecule has 0 fully saturated rings. The van der Waals surface area contributed by atoms with Gasteiger partial charge in [-0.3, -0.25) is 4.98 Å². The Bertz CT molecular complexity index is 313. The summed E-state index contributed by atoms with van der Waals surface area (Å²) in [5.41, 5.74) is 7.36. The van der Waals surface area contributed by atoms with Crippen LogP contribution in [0.15, 0.2) is 6.20 Å². The third-order valence-electron chi connectivity index (χ3n) is 2.18. The van der Waals surface area contributed by atoms with Crippen LogP contribution >= 0.6 is 0 Å². The highest BCUT2D eigenvalue weighted by molar-refractivity contribution is 5.41. The van der Waals surface area contributed by atoms with Crippen molar-refractivity contribution >= 4 is 0 Å². The molecule has 0 radical (unpaired) electrons. The molecule has 0 spiro atoms. The van der Waals surface area contributed by atoms with Crippen LogP contribution in [0, 0.1) is 0 Å². The molecule has 0 bridgehead atoms. The van der Waals surface area contributed by atoms with E-state index >= 15 is 0 Å². The molecule has 78 valence electrons. The molecule has 1 aromatic rings. The molecule has 0 unspecified atom stereocenters. The predicted octanol–water partition coefficient (Wildman–Crippen LogP) is 0.691. The van der Waals surface area contributed by atoms with E-state index in [9.17, 15) is 5.11 Å². The molecule has 0 aromatic carbocycles. The lowest BCUT2D eigenvalue weighted by molar-refractivity contribution is 0.279. The molecule has 0 aliphatic heterocycles. The van der Waals surface area contributed by atoms with E-state index in [2.05, 4.69) is 4.98 Å². The lowest BCUT2D eigenvalue weighted by Gasteiger charge is -2.10. The highest BCUT2D eigenvalue weighted by atomic mass is 16.3. The van der Waals surface area contributed by atoms with E-state index in [1.54, 1.807) is 6.20 Å². The van der Waals surface area contributed by atoms with Gasteiger partial charge < -0.3 is 15.9 Å². The van der Waals surface area contributed by atoms with E-state index in [0.717, 1.165) is 12.8 Å². The fourth-order valence-corrected chi connectivity index (χ4v) is 1.40. The number of hydrogen-bond donors (Lipinski definition) is 3. The van der Waals surface area contributed by atoms with E-state index < -0.39 is 0 Å². The lowest BCUT2D eigenvalue weighted by atomic mass is 10.1. The van der Waals surface area contributed by atoms with E-state index in [1.807, 2.05) is 6.92 Å². The Balaban J connectivity index is 3.13. The molecular formula is C10H16N2O2. The minimum absolute atomic E-state index is 0.139. The van der Waals surface area contributed by atoms with Crippen molar-refractivity contribution in [3.05, 3.63) is 23.0 Å². The van der Waals surface area contributed by atoms with Gasteiger partial charge in [0, 0.05) is 23.9 Å². The molecule has 0 aliphatic rings. The van der Waals surface area contributed by atoms with E-state index in [4.69, 9.17) is 10.8 Å². The van der Waals surface area contributed by atoms with E-state index in [-0.39, 0.29) is 18.9 Å². The minimum Gasteiger partial charge on any atom is -0.506 e. The van der Waals surface area contributed by atoms with Crippen molar-refractivity contribution in [2.24, 2.45) is 5.73 Å². The number of nitrogens with two attached hydrogens (primary N) is 1. The SMILES string of the molecule is CCCc1ncc(CO)c(CN)c1O. The molecule has 0 saturated carbocycles. The number of nitrogens with zero attached hydrogens (tertiary/aromatic N) is 1. The van der Waals surface area contributed by atoms with Crippen LogP contribution < -0.4 is 5.73 Å². The fourth-order valence-electron chi connectivity index (χ4n) is 1.40. The predicted molar refractivity (Wildman–Crippen MR) is 53.7 cm³/mol. The quantitative estimate of drug-likeness (QED) is 0.662. The van der Waals surface area contributed by atoms with Gasteiger partial charge in [0.05, 0.1) is 12.3 Å². The van der Waals surface area contributed by atoms with E-state index in [0.29, 0.717) is 16.8 Å². The Hall–Kier alpha value is -1.13. The first-order chi connectivity index (χ1) is 6.74. The second kappa shape index (κ2) is 4.93. The number of aliphatic hydroxyl groups excluding tert-OH is 1. The van der Waals surface area contributed by atoms with Crippen LogP contribution in [-0.2, 0) is 19.6 Å². The smallest absolute Gasteiger partial charge is 0.141 e. The lowest BCUT2D eigenvalue weighted by Crippen LogP contribution is -2.05. The standard InChI is InChI=1S/C10H16N2O2/c1-2-3-9-10(14)8(4-11)7(6-13)5-12-9/h5,13-14H,2-4,6,11H2,1H3. The van der Waals surface area contributed by atoms with Crippen molar-refractivity contribution < 1.29 is 10.2 Å². The fraction of sp³-hybridized carbons (Fsp3) is 0.500. The summed E-state index contributed by atoms with van der Waals surface area (Å²) in [4.78, 5) is 4.08. The Morgan fingerprint density at radius 2 is 2.21 bits per heavy atom. The summed E-state index contributed by atoms with van der Waals surface area (Å²) in [6, 6.07) is 0. The molecule has 1 heterocycles. The van der Waals surface area contributed by atoms with Gasteiger partial charge in [0.25, 0.3) is 0 Å². The summed E-state index contributed by atoms with van der Waals surface area (Å²) >= 11 is 0. The van der Waals surface area contributed by atoms with Gasteiger partial charge in [0.15, 0.2) is 0 Å². The Labute approximate surface area is 83.4 Å². The summed E-state index contributed by atoms with van der Waals surface area (Å²) in [5, 5.41) is 18.8. The van der Waals surface area contributed by atoms with Crippen molar-refractivity contribution in [1.29, 1.82) is 0 Å². The van der Waals surface area contributed by atoms with Gasteiger partial charge >= 0.3 is 0 Å². The van der Waals surface area contributed by atoms with Gasteiger partial charge in [-0.25, -0.2) is 0 Å². The molecule has 0 aliphatic carbocycles. The average Bonchev–Trinajstić information content (AvgIpc) is 2.21. The second-order valence-corrected chi connectivity index (χ2v) is 3.17. The molecule has 4 N–H and O–H groups in total. The number of hydrogen-bond acceptors (Lipinski definition) is 4. The van der Waals surface area contributed by atoms with Crippen LogP contribution in [0.25, 0.3) is 0 Å². The zero-order valence-electron chi connectivity index (χ0n) is 8.32. The van der Waals surface area contributed by atoms with Gasteiger partial charge in [-0.1, -0.05) is 13.3 Å². The molecule has 0 atom stereocenters. The molecule has 1 rings (SSSR count). The molecule has 14 heavy (non-hydrogen) atoms. The third-order valence-corrected chi connectivity index (χ3v) is 2.18. The Morgan fingerprint density at radius 1 is 1.50 bits per heavy atom. The molecule has 0 amide bonds. The number of pyridine rings is 1. The van der Waals surface area contributed by atoms with Crippen molar-refractivity contribution in [2.45, 2.75) is 32.9 Å². The molecule has 0 saturated heterocycles. The topological polar surface area (TPSA) is 79.4 Å². The first-order valence-corrected chi connectivity index (χ1v) is 4.74. The highest BCUT2D eigenvalue weighted by Gasteiger charge is 2.11.